The standard InChI is InChI=1S/C46H69F3N2O6/c1-29(2)9-8-10-31(5)38-17-18-39-37-16-13-33-26-35(19-22-44(33,6)40(37)20-23-45(38,39)7)56-42(53)21-24-50-41(52)25-32-11-14-34(15-12-32)55-28-36(27-51-30(3)4)57-43(54)46(47,48)49/h11-15,29-31,35-40,51H,8-10,16-28H2,1-7H3,(H,50,52)/t31-,35?,36?,37+,38-,39+,40+,44+,45-/m1/s1. The molecule has 0 spiro atoms. The maximum atomic E-state index is 12.9. The van der Waals surface area contributed by atoms with E-state index in [4.69, 9.17) is 9.47 Å². The Kier molecular flexibility index (Phi) is 15.3. The van der Waals surface area contributed by atoms with Gasteiger partial charge in [-0.05, 0) is 109 Å². The highest BCUT2D eigenvalue weighted by Crippen LogP contribution is 2.67. The van der Waals surface area contributed by atoms with Crippen molar-refractivity contribution in [3.63, 3.8) is 0 Å². The largest absolute Gasteiger partial charge is 0.490 e. The van der Waals surface area contributed by atoms with E-state index in [0.29, 0.717) is 22.6 Å². The SMILES string of the molecule is CC(C)CCC[C@@H](C)[C@H]1CC[C@H]2[C@@H]3CC=C4CC(OC(=O)CCNC(=O)Cc5ccc(OCC(CNC(C)C)OC(=O)C(F)(F)F)cc5)CC[C@]4(C)[C@H]3CC[C@]12C. The number of carbonyl (C=O) groups is 3. The lowest BCUT2D eigenvalue weighted by Gasteiger charge is -2.58. The lowest BCUT2D eigenvalue weighted by molar-refractivity contribution is -0.205. The van der Waals surface area contributed by atoms with E-state index in [1.54, 1.807) is 24.3 Å². The minimum atomic E-state index is -5.10. The minimum Gasteiger partial charge on any atom is -0.490 e. The number of fused-ring (bicyclic) bond motifs is 5. The monoisotopic (exact) mass is 803 g/mol. The van der Waals surface area contributed by atoms with Crippen LogP contribution in [0.25, 0.3) is 0 Å². The van der Waals surface area contributed by atoms with E-state index >= 15 is 0 Å². The molecule has 9 atom stereocenters. The van der Waals surface area contributed by atoms with Crippen LogP contribution in [-0.2, 0) is 30.3 Å². The number of rotatable bonds is 18. The molecule has 4 aliphatic rings. The summed E-state index contributed by atoms with van der Waals surface area (Å²) in [5.74, 6) is 2.27. The topological polar surface area (TPSA) is 103 Å². The highest BCUT2D eigenvalue weighted by molar-refractivity contribution is 5.79. The van der Waals surface area contributed by atoms with Crippen LogP contribution in [0.15, 0.2) is 35.9 Å². The summed E-state index contributed by atoms with van der Waals surface area (Å²) in [5, 5.41) is 5.75. The first kappa shape index (κ1) is 45.0. The first-order chi connectivity index (χ1) is 26.9. The van der Waals surface area contributed by atoms with Gasteiger partial charge in [0, 0.05) is 25.6 Å². The molecule has 57 heavy (non-hydrogen) atoms. The molecular weight excluding hydrogens is 734 g/mol. The summed E-state index contributed by atoms with van der Waals surface area (Å²) < 4.78 is 54.4. The molecule has 4 aliphatic carbocycles. The predicted molar refractivity (Wildman–Crippen MR) is 215 cm³/mol. The zero-order valence-corrected chi connectivity index (χ0v) is 35.5. The van der Waals surface area contributed by atoms with Crippen molar-refractivity contribution in [3.8, 4) is 5.75 Å². The maximum absolute atomic E-state index is 12.9. The van der Waals surface area contributed by atoms with Crippen molar-refractivity contribution >= 4 is 17.8 Å². The van der Waals surface area contributed by atoms with Crippen LogP contribution in [0.5, 0.6) is 5.75 Å². The second-order valence-corrected chi connectivity index (χ2v) is 19.0. The molecule has 11 heteroatoms. The van der Waals surface area contributed by atoms with Crippen molar-refractivity contribution in [3.05, 3.63) is 41.5 Å². The van der Waals surface area contributed by atoms with E-state index in [0.717, 1.165) is 55.3 Å². The molecule has 2 N–H and O–H groups in total. The number of allylic oxidation sites excluding steroid dienone is 1. The van der Waals surface area contributed by atoms with Gasteiger partial charge in [-0.3, -0.25) is 9.59 Å². The molecule has 1 amide bonds. The quantitative estimate of drug-likeness (QED) is 0.113. The molecule has 3 fully saturated rings. The van der Waals surface area contributed by atoms with Crippen molar-refractivity contribution in [2.75, 3.05) is 19.7 Å². The number of benzene rings is 1. The molecule has 3 saturated carbocycles. The molecule has 5 rings (SSSR count). The molecule has 0 aromatic heterocycles. The van der Waals surface area contributed by atoms with E-state index < -0.39 is 18.2 Å². The third-order valence-corrected chi connectivity index (χ3v) is 14.2. The summed E-state index contributed by atoms with van der Waals surface area (Å²) >= 11 is 0. The second-order valence-electron chi connectivity index (χ2n) is 19.0. The van der Waals surface area contributed by atoms with Crippen LogP contribution in [-0.4, -0.2) is 62.0 Å². The highest BCUT2D eigenvalue weighted by atomic mass is 19.4. The fraction of sp³-hybridized carbons (Fsp3) is 0.761. The summed E-state index contributed by atoms with van der Waals surface area (Å²) in [6.07, 6.45) is 9.71. The van der Waals surface area contributed by atoms with E-state index in [2.05, 4.69) is 56.1 Å². The average molecular weight is 803 g/mol. The molecule has 0 aliphatic heterocycles. The average Bonchev–Trinajstić information content (AvgIpc) is 3.50. The maximum Gasteiger partial charge on any atom is 0.490 e. The van der Waals surface area contributed by atoms with Gasteiger partial charge in [0.05, 0.1) is 12.8 Å². The third-order valence-electron chi connectivity index (χ3n) is 14.2. The van der Waals surface area contributed by atoms with Gasteiger partial charge in [-0.25, -0.2) is 4.79 Å². The van der Waals surface area contributed by atoms with Crippen LogP contribution in [0.2, 0.25) is 0 Å². The van der Waals surface area contributed by atoms with Crippen LogP contribution in [0.1, 0.15) is 131 Å². The number of hydrogen-bond donors (Lipinski definition) is 2. The Morgan fingerprint density at radius 2 is 1.67 bits per heavy atom. The number of esters is 2. The van der Waals surface area contributed by atoms with Crippen LogP contribution in [0.4, 0.5) is 13.2 Å². The lowest BCUT2D eigenvalue weighted by atomic mass is 9.47. The van der Waals surface area contributed by atoms with Crippen molar-refractivity contribution in [2.24, 2.45) is 46.3 Å². The fourth-order valence-corrected chi connectivity index (χ4v) is 11.2. The molecule has 2 unspecified atom stereocenters. The summed E-state index contributed by atoms with van der Waals surface area (Å²) in [7, 11) is 0. The van der Waals surface area contributed by atoms with E-state index in [1.165, 1.54) is 50.5 Å². The first-order valence-corrected chi connectivity index (χ1v) is 21.8. The van der Waals surface area contributed by atoms with Crippen molar-refractivity contribution in [2.45, 2.75) is 156 Å². The molecule has 1 aromatic rings. The highest BCUT2D eigenvalue weighted by Gasteiger charge is 2.59. The Bertz CT molecular complexity index is 1550. The van der Waals surface area contributed by atoms with Crippen LogP contribution in [0.3, 0.4) is 0 Å². The van der Waals surface area contributed by atoms with Crippen LogP contribution >= 0.6 is 0 Å². The Balaban J connectivity index is 1.03. The number of nitrogens with one attached hydrogen (secondary N) is 2. The van der Waals surface area contributed by atoms with Gasteiger partial charge < -0.3 is 24.8 Å². The zero-order chi connectivity index (χ0) is 41.5. The van der Waals surface area contributed by atoms with Gasteiger partial charge in [0.25, 0.3) is 0 Å². The normalized spacial score (nSPS) is 29.4. The van der Waals surface area contributed by atoms with Crippen LogP contribution in [0, 0.1) is 46.3 Å². The van der Waals surface area contributed by atoms with Gasteiger partial charge in [-0.1, -0.05) is 91.5 Å². The third kappa shape index (κ3) is 11.6. The molecule has 320 valence electrons. The molecule has 0 saturated heterocycles. The molecule has 0 heterocycles. The fourth-order valence-electron chi connectivity index (χ4n) is 11.2. The number of amides is 1. The Labute approximate surface area is 339 Å². The van der Waals surface area contributed by atoms with Crippen molar-refractivity contribution in [1.29, 1.82) is 0 Å². The molecule has 1 aromatic carbocycles. The van der Waals surface area contributed by atoms with Gasteiger partial charge in [-0.2, -0.15) is 13.2 Å². The first-order valence-electron chi connectivity index (χ1n) is 21.8. The molecule has 0 bridgehead atoms. The lowest BCUT2D eigenvalue weighted by Crippen LogP contribution is -2.51. The van der Waals surface area contributed by atoms with E-state index in [9.17, 15) is 27.6 Å². The smallest absolute Gasteiger partial charge is 0.490 e. The Morgan fingerprint density at radius 1 is 0.930 bits per heavy atom. The van der Waals surface area contributed by atoms with Gasteiger partial charge in [0.2, 0.25) is 5.91 Å². The van der Waals surface area contributed by atoms with Crippen molar-refractivity contribution < 1.29 is 41.8 Å². The van der Waals surface area contributed by atoms with E-state index in [1.807, 2.05) is 13.8 Å². The second kappa shape index (κ2) is 19.3. The Morgan fingerprint density at radius 3 is 2.35 bits per heavy atom. The number of carbonyl (C=O) groups excluding carboxylic acids is 3. The Hall–Kier alpha value is -3.08. The van der Waals surface area contributed by atoms with Gasteiger partial charge in [-0.15, -0.1) is 0 Å². The number of halogens is 3. The summed E-state index contributed by atoms with van der Waals surface area (Å²) in [6.45, 7) is 15.9. The predicted octanol–water partition coefficient (Wildman–Crippen LogP) is 9.54. The molecule has 8 nitrogen and oxygen atoms in total. The minimum absolute atomic E-state index is 0.0108. The summed E-state index contributed by atoms with van der Waals surface area (Å²) in [4.78, 5) is 36.9. The summed E-state index contributed by atoms with van der Waals surface area (Å²) in [6, 6.07) is 6.52. The zero-order valence-electron chi connectivity index (χ0n) is 35.5. The number of alkyl halides is 3. The summed E-state index contributed by atoms with van der Waals surface area (Å²) in [5.41, 5.74) is 2.83. The van der Waals surface area contributed by atoms with Gasteiger partial charge in [0.15, 0.2) is 0 Å². The molecular formula is C46H69F3N2O6. The van der Waals surface area contributed by atoms with Crippen molar-refractivity contribution in [1.82, 2.24) is 10.6 Å². The van der Waals surface area contributed by atoms with Gasteiger partial charge in [0.1, 0.15) is 24.6 Å². The number of hydrogen-bond acceptors (Lipinski definition) is 7. The van der Waals surface area contributed by atoms with Gasteiger partial charge >= 0.3 is 18.1 Å². The number of ether oxygens (including phenoxy) is 3. The molecule has 0 radical (unpaired) electrons. The van der Waals surface area contributed by atoms with Crippen LogP contribution < -0.4 is 15.4 Å². The van der Waals surface area contributed by atoms with E-state index in [-0.39, 0.29) is 62.0 Å².